The zero-order valence-electron chi connectivity index (χ0n) is 22.3. The van der Waals surface area contributed by atoms with Crippen LogP contribution in [0.3, 0.4) is 0 Å². The van der Waals surface area contributed by atoms with Gasteiger partial charge in [0, 0.05) is 10.8 Å². The fourth-order valence-corrected chi connectivity index (χ4v) is 6.61. The van der Waals surface area contributed by atoms with Crippen LogP contribution in [0.1, 0.15) is 0 Å². The van der Waals surface area contributed by atoms with Crippen molar-refractivity contribution in [2.24, 2.45) is 0 Å². The molecule has 0 fully saturated rings. The predicted octanol–water partition coefficient (Wildman–Crippen LogP) is 11.4. The highest BCUT2D eigenvalue weighted by Crippen LogP contribution is 2.48. The number of furan rings is 1. The van der Waals surface area contributed by atoms with Crippen molar-refractivity contribution in [2.45, 2.75) is 0 Å². The van der Waals surface area contributed by atoms with E-state index in [4.69, 9.17) is 4.42 Å². The van der Waals surface area contributed by atoms with Crippen LogP contribution in [0.2, 0.25) is 0 Å². The summed E-state index contributed by atoms with van der Waals surface area (Å²) >= 11 is 0. The van der Waals surface area contributed by atoms with E-state index >= 15 is 0 Å². The summed E-state index contributed by atoms with van der Waals surface area (Å²) in [7, 11) is 0. The Balaban J connectivity index is 1.12. The maximum Gasteiger partial charge on any atom is 0.135 e. The standard InChI is InChI=1S/C40H24O/c1-2-7-25(8-3-1)28-17-19-38-35(22-28)36-23-29(18-20-39(36)41-38)26-13-15-27(16-14-26)31-21-30-9-6-12-34-32-10-4-5-11-33(32)37(24-31)40(30)34/h1-24H. The van der Waals surface area contributed by atoms with E-state index in [1.165, 1.54) is 66.4 Å². The van der Waals surface area contributed by atoms with Crippen LogP contribution in [0, 0.1) is 0 Å². The normalized spacial score (nSPS) is 11.9. The molecule has 0 saturated heterocycles. The quantitative estimate of drug-likeness (QED) is 0.226. The van der Waals surface area contributed by atoms with Crippen LogP contribution < -0.4 is 0 Å². The second-order valence-corrected chi connectivity index (χ2v) is 10.9. The van der Waals surface area contributed by atoms with E-state index in [9.17, 15) is 0 Å². The van der Waals surface area contributed by atoms with Crippen LogP contribution in [0.25, 0.3) is 88.3 Å². The van der Waals surface area contributed by atoms with Crippen molar-refractivity contribution < 1.29 is 4.42 Å². The predicted molar refractivity (Wildman–Crippen MR) is 172 cm³/mol. The summed E-state index contributed by atoms with van der Waals surface area (Å²) in [5.74, 6) is 0. The first kappa shape index (κ1) is 22.4. The molecule has 41 heavy (non-hydrogen) atoms. The number of hydrogen-bond acceptors (Lipinski definition) is 1. The largest absolute Gasteiger partial charge is 0.456 e. The zero-order chi connectivity index (χ0) is 26.9. The average Bonchev–Trinajstić information content (AvgIpc) is 3.57. The van der Waals surface area contributed by atoms with Crippen molar-refractivity contribution in [3.63, 3.8) is 0 Å². The molecule has 0 aliphatic heterocycles. The van der Waals surface area contributed by atoms with E-state index in [2.05, 4.69) is 146 Å². The first-order valence-electron chi connectivity index (χ1n) is 14.1. The molecule has 1 aromatic heterocycles. The highest BCUT2D eigenvalue weighted by atomic mass is 16.3. The summed E-state index contributed by atoms with van der Waals surface area (Å²) in [6.45, 7) is 0. The molecule has 0 radical (unpaired) electrons. The summed E-state index contributed by atoms with van der Waals surface area (Å²) in [4.78, 5) is 0. The number of rotatable bonds is 3. The van der Waals surface area contributed by atoms with E-state index in [0.29, 0.717) is 0 Å². The average molecular weight is 521 g/mol. The van der Waals surface area contributed by atoms with Gasteiger partial charge in [0.05, 0.1) is 0 Å². The maximum absolute atomic E-state index is 6.20. The Morgan fingerprint density at radius 2 is 0.854 bits per heavy atom. The lowest BCUT2D eigenvalue weighted by Gasteiger charge is -2.09. The SMILES string of the molecule is c1ccc(-c2ccc3oc4ccc(-c5ccc(-c6cc7c8c(cccc8c6)-c6ccccc6-7)cc5)cc4c3c2)cc1. The molecule has 0 unspecified atom stereocenters. The van der Waals surface area contributed by atoms with E-state index in [0.717, 1.165) is 21.9 Å². The number of benzene rings is 7. The number of hydrogen-bond donors (Lipinski definition) is 0. The van der Waals surface area contributed by atoms with Gasteiger partial charge in [-0.25, -0.2) is 0 Å². The molecule has 9 rings (SSSR count). The van der Waals surface area contributed by atoms with Gasteiger partial charge in [0.2, 0.25) is 0 Å². The molecule has 1 heterocycles. The summed E-state index contributed by atoms with van der Waals surface area (Å²) in [6, 6.07) is 52.6. The lowest BCUT2D eigenvalue weighted by atomic mass is 9.94. The van der Waals surface area contributed by atoms with Gasteiger partial charge in [0.25, 0.3) is 0 Å². The first-order valence-corrected chi connectivity index (χ1v) is 14.1. The molecule has 0 N–H and O–H groups in total. The van der Waals surface area contributed by atoms with Crippen molar-refractivity contribution in [3.8, 4) is 55.6 Å². The van der Waals surface area contributed by atoms with Gasteiger partial charge in [-0.05, 0) is 103 Å². The Hall–Kier alpha value is -5.40. The lowest BCUT2D eigenvalue weighted by molar-refractivity contribution is 0.669. The minimum absolute atomic E-state index is 0.916. The first-order chi connectivity index (χ1) is 20.3. The zero-order valence-corrected chi connectivity index (χ0v) is 22.3. The van der Waals surface area contributed by atoms with E-state index in [1.807, 2.05) is 0 Å². The van der Waals surface area contributed by atoms with E-state index in [1.54, 1.807) is 0 Å². The molecule has 1 aliphatic carbocycles. The smallest absolute Gasteiger partial charge is 0.135 e. The fourth-order valence-electron chi connectivity index (χ4n) is 6.61. The highest BCUT2D eigenvalue weighted by molar-refractivity contribution is 6.16. The van der Waals surface area contributed by atoms with Crippen molar-refractivity contribution in [1.29, 1.82) is 0 Å². The van der Waals surface area contributed by atoms with Gasteiger partial charge in [-0.1, -0.05) is 109 Å². The van der Waals surface area contributed by atoms with Gasteiger partial charge < -0.3 is 4.42 Å². The Bertz CT molecular complexity index is 2290. The Labute approximate surface area is 237 Å². The second-order valence-electron chi connectivity index (χ2n) is 10.9. The molecule has 190 valence electrons. The monoisotopic (exact) mass is 520 g/mol. The maximum atomic E-state index is 6.20. The minimum atomic E-state index is 0.916. The summed E-state index contributed by atoms with van der Waals surface area (Å²) in [5, 5.41) is 4.95. The Morgan fingerprint density at radius 1 is 0.317 bits per heavy atom. The molecule has 0 bridgehead atoms. The summed E-state index contributed by atoms with van der Waals surface area (Å²) in [5.41, 5.74) is 14.4. The van der Waals surface area contributed by atoms with Crippen molar-refractivity contribution in [1.82, 2.24) is 0 Å². The summed E-state index contributed by atoms with van der Waals surface area (Å²) < 4.78 is 6.20. The highest BCUT2D eigenvalue weighted by Gasteiger charge is 2.21. The van der Waals surface area contributed by atoms with Gasteiger partial charge in [0.1, 0.15) is 11.2 Å². The lowest BCUT2D eigenvalue weighted by Crippen LogP contribution is -1.83. The molecule has 0 amide bonds. The molecule has 0 saturated carbocycles. The second kappa shape index (κ2) is 8.55. The molecule has 7 aromatic carbocycles. The van der Waals surface area contributed by atoms with Gasteiger partial charge in [-0.15, -0.1) is 0 Å². The number of fused-ring (bicyclic) bond motifs is 6. The van der Waals surface area contributed by atoms with Gasteiger partial charge in [0.15, 0.2) is 0 Å². The third-order valence-electron chi connectivity index (χ3n) is 8.61. The van der Waals surface area contributed by atoms with Gasteiger partial charge in [-0.3, -0.25) is 0 Å². The molecule has 0 atom stereocenters. The molecule has 8 aromatic rings. The Morgan fingerprint density at radius 3 is 1.54 bits per heavy atom. The molecule has 1 nitrogen and oxygen atoms in total. The third kappa shape index (κ3) is 3.43. The van der Waals surface area contributed by atoms with Crippen molar-refractivity contribution >= 4 is 32.7 Å². The molecule has 0 spiro atoms. The van der Waals surface area contributed by atoms with Crippen molar-refractivity contribution in [2.75, 3.05) is 0 Å². The molecule has 1 aliphatic rings. The van der Waals surface area contributed by atoms with Crippen LogP contribution in [-0.4, -0.2) is 0 Å². The topological polar surface area (TPSA) is 13.1 Å². The van der Waals surface area contributed by atoms with Gasteiger partial charge in [-0.2, -0.15) is 0 Å². The molecular formula is C40H24O. The molecular weight excluding hydrogens is 496 g/mol. The summed E-state index contributed by atoms with van der Waals surface area (Å²) in [6.07, 6.45) is 0. The van der Waals surface area contributed by atoms with Gasteiger partial charge >= 0.3 is 0 Å². The van der Waals surface area contributed by atoms with Crippen LogP contribution in [0.4, 0.5) is 0 Å². The fraction of sp³-hybridized carbons (Fsp3) is 0. The van der Waals surface area contributed by atoms with E-state index < -0.39 is 0 Å². The minimum Gasteiger partial charge on any atom is -0.456 e. The van der Waals surface area contributed by atoms with Crippen LogP contribution in [0.15, 0.2) is 150 Å². The van der Waals surface area contributed by atoms with E-state index in [-0.39, 0.29) is 0 Å². The third-order valence-corrected chi connectivity index (χ3v) is 8.61. The van der Waals surface area contributed by atoms with Crippen LogP contribution in [-0.2, 0) is 0 Å². The van der Waals surface area contributed by atoms with Crippen LogP contribution >= 0.6 is 0 Å². The van der Waals surface area contributed by atoms with Crippen molar-refractivity contribution in [3.05, 3.63) is 146 Å². The van der Waals surface area contributed by atoms with Crippen LogP contribution in [0.5, 0.6) is 0 Å². The Kier molecular flexibility index (Phi) is 4.67. The molecule has 1 heteroatoms.